The van der Waals surface area contributed by atoms with Gasteiger partial charge in [0.15, 0.2) is 0 Å². The van der Waals surface area contributed by atoms with E-state index >= 15 is 0 Å². The van der Waals surface area contributed by atoms with Gasteiger partial charge in [-0.3, -0.25) is 0 Å². The Kier molecular flexibility index (Phi) is 2.79. The van der Waals surface area contributed by atoms with Gasteiger partial charge in [-0.2, -0.15) is 0 Å². The van der Waals surface area contributed by atoms with Gasteiger partial charge in [0.2, 0.25) is 0 Å². The predicted octanol–water partition coefficient (Wildman–Crippen LogP) is 13.1. The molecular weight excluding hydrogens is 621 g/mol. The van der Waals surface area contributed by atoms with E-state index in [4.69, 9.17) is 22.2 Å². The molecule has 11 rings (SSSR count). The van der Waals surface area contributed by atoms with E-state index in [0.29, 0.717) is 0 Å². The van der Waals surface area contributed by atoms with Crippen LogP contribution in [-0.2, 0) is 0 Å². The van der Waals surface area contributed by atoms with E-state index < -0.39 is 223 Å². The highest BCUT2D eigenvalue weighted by Crippen LogP contribution is 2.44. The second-order valence-corrected chi connectivity index (χ2v) is 11.4. The Morgan fingerprint density at radius 2 is 0.980 bits per heavy atom. The SMILES string of the molecule is [2H]c1c([2H])c([2H])c(-c2c(-n3c4c([2H])c([2H])c([2H])c([2H])c4c4c([2H])c(-c5c([2H])c([2H])c6c(c5[2H])c5c([2H])c([2H])c([2H])c([2H])c5n6-c5ccccc5)c([2H])c([2H])c43)c([2H])c([2H])c3oc4c([2H])c([2H])c([2H])c([2H])c4c23)c([2H])c1[2H]. The molecule has 0 aliphatic rings. The molecule has 0 N–H and O–H groups in total. The first-order valence-electron chi connectivity index (χ1n) is 27.9. The van der Waals surface area contributed by atoms with E-state index in [1.807, 2.05) is 0 Å². The van der Waals surface area contributed by atoms with Crippen LogP contribution < -0.4 is 0 Å². The van der Waals surface area contributed by atoms with Crippen molar-refractivity contribution in [2.75, 3.05) is 0 Å². The summed E-state index contributed by atoms with van der Waals surface area (Å²) >= 11 is 0. The van der Waals surface area contributed by atoms with Crippen molar-refractivity contribution in [3.63, 3.8) is 0 Å². The third-order valence-corrected chi connectivity index (χ3v) is 8.67. The van der Waals surface area contributed by atoms with E-state index in [-0.39, 0.29) is 27.5 Å². The molecule has 0 unspecified atom stereocenters. The summed E-state index contributed by atoms with van der Waals surface area (Å²) in [5, 5.41) is -2.77. The van der Waals surface area contributed by atoms with Crippen molar-refractivity contribution in [3.8, 4) is 33.6 Å². The summed E-state index contributed by atoms with van der Waals surface area (Å²) in [4.78, 5) is 0. The Morgan fingerprint density at radius 3 is 1.69 bits per heavy atom. The highest BCUT2D eigenvalue weighted by Gasteiger charge is 2.21. The number of hydrogen-bond acceptors (Lipinski definition) is 1. The molecule has 51 heavy (non-hydrogen) atoms. The lowest BCUT2D eigenvalue weighted by Crippen LogP contribution is -1.98. The molecule has 8 aromatic carbocycles. The van der Waals surface area contributed by atoms with Crippen LogP contribution in [0.1, 0.15) is 34.3 Å². The summed E-state index contributed by atoms with van der Waals surface area (Å²) in [5.41, 5.74) is -6.28. The van der Waals surface area contributed by atoms with E-state index in [0.717, 1.165) is 4.57 Å². The zero-order chi connectivity index (χ0) is 55.2. The maximum Gasteiger partial charge on any atom is 0.136 e. The van der Waals surface area contributed by atoms with Crippen LogP contribution in [0.4, 0.5) is 0 Å². The van der Waals surface area contributed by atoms with Gasteiger partial charge in [0, 0.05) is 43.6 Å². The minimum atomic E-state index is -0.989. The maximum atomic E-state index is 10.0. The van der Waals surface area contributed by atoms with Crippen LogP contribution in [0.5, 0.6) is 0 Å². The second-order valence-electron chi connectivity index (χ2n) is 11.4. The first-order chi connectivity index (χ1) is 35.7. The van der Waals surface area contributed by atoms with E-state index in [2.05, 4.69) is 0 Å². The second kappa shape index (κ2) is 10.8. The van der Waals surface area contributed by atoms with Crippen LogP contribution in [0.2, 0.25) is 0 Å². The van der Waals surface area contributed by atoms with Crippen LogP contribution in [0.15, 0.2) is 186 Å². The largest absolute Gasteiger partial charge is 0.456 e. The molecule has 3 aromatic heterocycles. The number of hydrogen-bond donors (Lipinski definition) is 0. The van der Waals surface area contributed by atoms with Gasteiger partial charge in [0.1, 0.15) is 11.2 Å². The number of nitrogens with zero attached hydrogens (tertiary/aromatic N) is 2. The van der Waals surface area contributed by atoms with Crippen LogP contribution in [0, 0.1) is 0 Å². The molecule has 11 aromatic rings. The third-order valence-electron chi connectivity index (χ3n) is 8.67. The molecule has 0 amide bonds. The molecule has 0 saturated carbocycles. The Hall–Kier alpha value is -6.84. The zero-order valence-corrected chi connectivity index (χ0v) is 25.7. The third kappa shape index (κ3) is 4.12. The summed E-state index contributed by atoms with van der Waals surface area (Å²) in [6.07, 6.45) is 0. The molecule has 0 spiro atoms. The normalized spacial score (nSPS) is 18.8. The van der Waals surface area contributed by atoms with E-state index in [9.17, 15) is 16.4 Å². The van der Waals surface area contributed by atoms with Gasteiger partial charge in [-0.05, 0) is 83.2 Å². The van der Waals surface area contributed by atoms with Crippen molar-refractivity contribution < 1.29 is 38.7 Å². The molecule has 0 atom stereocenters. The lowest BCUT2D eigenvalue weighted by atomic mass is 9.97. The summed E-state index contributed by atoms with van der Waals surface area (Å²) < 4.78 is 236. The molecule has 3 heteroatoms. The lowest BCUT2D eigenvalue weighted by molar-refractivity contribution is 0.669. The van der Waals surface area contributed by atoms with Crippen molar-refractivity contribution >= 4 is 65.6 Å². The fourth-order valence-corrected chi connectivity index (χ4v) is 6.57. The smallest absolute Gasteiger partial charge is 0.136 e. The topological polar surface area (TPSA) is 23.0 Å². The Balaban J connectivity index is 1.40. The summed E-state index contributed by atoms with van der Waals surface area (Å²) in [5.74, 6) is 0. The van der Waals surface area contributed by atoms with Gasteiger partial charge in [-0.15, -0.1) is 0 Å². The Labute approximate surface area is 329 Å². The van der Waals surface area contributed by atoms with Gasteiger partial charge in [-0.1, -0.05) is 115 Å². The Bertz CT molecular complexity index is 4550. The average Bonchev–Trinajstić information content (AvgIpc) is 4.11. The number of aromatic nitrogens is 2. The number of para-hydroxylation sites is 4. The predicted molar refractivity (Wildman–Crippen MR) is 213 cm³/mol. The summed E-state index contributed by atoms with van der Waals surface area (Å²) in [7, 11) is 0. The van der Waals surface area contributed by atoms with Crippen molar-refractivity contribution in [1.29, 1.82) is 0 Å². The quantitative estimate of drug-likeness (QED) is 0.182. The van der Waals surface area contributed by atoms with Gasteiger partial charge < -0.3 is 13.6 Å². The number of fused-ring (bicyclic) bond motifs is 9. The van der Waals surface area contributed by atoms with E-state index in [1.54, 1.807) is 30.3 Å². The molecule has 0 fully saturated rings. The van der Waals surface area contributed by atoms with Crippen molar-refractivity contribution in [3.05, 3.63) is 181 Å². The van der Waals surface area contributed by atoms with Crippen molar-refractivity contribution in [2.45, 2.75) is 0 Å². The fraction of sp³-hybridized carbons (Fsp3) is 0. The van der Waals surface area contributed by atoms with Crippen LogP contribution in [-0.4, -0.2) is 9.13 Å². The maximum absolute atomic E-state index is 10.0. The molecule has 3 nitrogen and oxygen atoms in total. The minimum absolute atomic E-state index is 0.175. The summed E-state index contributed by atoms with van der Waals surface area (Å²) in [6.45, 7) is 0. The molecule has 0 aliphatic carbocycles. The first-order valence-corrected chi connectivity index (χ1v) is 15.4. The molecular formula is C48H30N2O. The van der Waals surface area contributed by atoms with Crippen LogP contribution in [0.3, 0.4) is 0 Å². The highest BCUT2D eigenvalue weighted by atomic mass is 16.3. The average molecular weight is 676 g/mol. The van der Waals surface area contributed by atoms with Crippen LogP contribution in [0.25, 0.3) is 99.2 Å². The first kappa shape index (κ1) is 13.1. The van der Waals surface area contributed by atoms with Crippen LogP contribution >= 0.6 is 0 Å². The van der Waals surface area contributed by atoms with Gasteiger partial charge in [0.05, 0.1) is 62.0 Å². The molecule has 0 saturated heterocycles. The fourth-order valence-electron chi connectivity index (χ4n) is 6.57. The van der Waals surface area contributed by atoms with Gasteiger partial charge in [0.25, 0.3) is 0 Å². The molecule has 3 heterocycles. The van der Waals surface area contributed by atoms with Gasteiger partial charge in [-0.25, -0.2) is 0 Å². The van der Waals surface area contributed by atoms with E-state index in [1.165, 1.54) is 4.57 Å². The number of furan rings is 1. The molecule has 238 valence electrons. The number of benzene rings is 8. The monoisotopic (exact) mass is 675 g/mol. The zero-order valence-electron chi connectivity index (χ0n) is 50.7. The number of rotatable bonds is 4. The lowest BCUT2D eigenvalue weighted by Gasteiger charge is -2.15. The molecule has 0 aliphatic heterocycles. The van der Waals surface area contributed by atoms with Crippen molar-refractivity contribution in [2.24, 2.45) is 0 Å². The molecule has 0 radical (unpaired) electrons. The van der Waals surface area contributed by atoms with Gasteiger partial charge >= 0.3 is 0 Å². The summed E-state index contributed by atoms with van der Waals surface area (Å²) in [6, 6.07) is -13.0. The molecule has 0 bridgehead atoms. The minimum Gasteiger partial charge on any atom is -0.456 e. The van der Waals surface area contributed by atoms with Crippen molar-refractivity contribution in [1.82, 2.24) is 9.13 Å². The highest BCUT2D eigenvalue weighted by molar-refractivity contribution is 6.17. The Morgan fingerprint density at radius 1 is 0.412 bits per heavy atom. The standard InChI is InChI=1S/C48H30N2O/c1-3-13-31(14-4-1)47-44(27-28-46-48(47)37-19-9-12-22-45(37)51-46)50-41-21-11-8-18-36(41)39-30-33(24-26-43(39)50)32-23-25-42-38(29-32)35-17-7-10-20-40(35)49(42)34-15-5-2-6-16-34/h1-30H/i1D,3D,4D,7D,8D,9D,10D,11D,12D,13D,14D,17D,18D,19D,20D,21D,22D,23D,24D,25D,26D,27D,28D,29D,30D.